The highest BCUT2D eigenvalue weighted by Gasteiger charge is 2.57. The van der Waals surface area contributed by atoms with Crippen molar-refractivity contribution in [2.45, 2.75) is 89.6 Å². The lowest BCUT2D eigenvalue weighted by molar-refractivity contribution is -0.154. The normalized spacial score (nSPS) is 19.9. The van der Waals surface area contributed by atoms with Crippen LogP contribution in [0.2, 0.25) is 18.1 Å². The second-order valence-electron chi connectivity index (χ2n) is 12.1. The van der Waals surface area contributed by atoms with E-state index in [2.05, 4.69) is 45.6 Å². The zero-order chi connectivity index (χ0) is 27.4. The summed E-state index contributed by atoms with van der Waals surface area (Å²) < 4.78 is 21.9. The van der Waals surface area contributed by atoms with Crippen molar-refractivity contribution in [2.24, 2.45) is 0 Å². The van der Waals surface area contributed by atoms with E-state index < -0.39 is 37.2 Å². The maximum Gasteiger partial charge on any atom is 0.411 e. The summed E-state index contributed by atoms with van der Waals surface area (Å²) in [7, 11) is 1.07. The molecule has 0 radical (unpaired) electrons. The van der Waals surface area contributed by atoms with Crippen molar-refractivity contribution >= 4 is 20.1 Å². The molecular formula is C28H45NO6Si. The first-order valence-electron chi connectivity index (χ1n) is 12.6. The molecule has 0 saturated carbocycles. The molecule has 0 unspecified atom stereocenters. The number of methoxy groups -OCH3 is 2. The third-order valence-corrected chi connectivity index (χ3v) is 12.2. The van der Waals surface area contributed by atoms with Gasteiger partial charge in [0.1, 0.15) is 11.4 Å². The highest BCUT2D eigenvalue weighted by molar-refractivity contribution is 6.84. The van der Waals surface area contributed by atoms with Crippen LogP contribution in [-0.4, -0.2) is 63.7 Å². The van der Waals surface area contributed by atoms with E-state index in [1.54, 1.807) is 12.0 Å². The summed E-state index contributed by atoms with van der Waals surface area (Å²) in [6.07, 6.45) is 2.74. The Labute approximate surface area is 218 Å². The molecule has 0 aliphatic carbocycles. The van der Waals surface area contributed by atoms with E-state index in [4.69, 9.17) is 18.9 Å². The van der Waals surface area contributed by atoms with E-state index >= 15 is 0 Å². The van der Waals surface area contributed by atoms with E-state index in [-0.39, 0.29) is 11.8 Å². The first kappa shape index (κ1) is 29.9. The molecule has 1 aromatic rings. The van der Waals surface area contributed by atoms with Gasteiger partial charge in [0.2, 0.25) is 0 Å². The summed E-state index contributed by atoms with van der Waals surface area (Å²) >= 11 is 0. The Morgan fingerprint density at radius 2 is 1.81 bits per heavy atom. The second-order valence-corrected chi connectivity index (χ2v) is 17.4. The van der Waals surface area contributed by atoms with Gasteiger partial charge in [0.05, 0.1) is 15.2 Å². The predicted molar refractivity (Wildman–Crippen MR) is 145 cm³/mol. The van der Waals surface area contributed by atoms with Gasteiger partial charge in [0, 0.05) is 19.6 Å². The molecule has 0 N–H and O–H groups in total. The minimum absolute atomic E-state index is 0.108. The van der Waals surface area contributed by atoms with Crippen LogP contribution < -0.4 is 4.74 Å². The van der Waals surface area contributed by atoms with E-state index in [1.165, 1.54) is 7.11 Å². The van der Waals surface area contributed by atoms with Crippen LogP contribution in [0.3, 0.4) is 0 Å². The van der Waals surface area contributed by atoms with Crippen LogP contribution in [-0.2, 0) is 19.0 Å². The maximum atomic E-state index is 13.7. The summed E-state index contributed by atoms with van der Waals surface area (Å²) in [5.74, 6) is -0.277. The predicted octanol–water partition coefficient (Wildman–Crippen LogP) is 6.30. The molecule has 202 valence electrons. The Morgan fingerprint density at radius 1 is 1.14 bits per heavy atom. The molecule has 1 aromatic carbocycles. The smallest absolute Gasteiger partial charge is 0.411 e. The zero-order valence-electron chi connectivity index (χ0n) is 23.8. The summed E-state index contributed by atoms with van der Waals surface area (Å²) in [6.45, 7) is 17.4. The fraction of sp³-hybridized carbons (Fsp3) is 0.643. The number of benzene rings is 1. The van der Waals surface area contributed by atoms with Crippen molar-refractivity contribution in [1.29, 1.82) is 0 Å². The minimum Gasteiger partial charge on any atom is -0.468 e. The molecular weight excluding hydrogens is 474 g/mol. The van der Waals surface area contributed by atoms with Crippen LogP contribution in [0.25, 0.3) is 0 Å². The van der Waals surface area contributed by atoms with Gasteiger partial charge in [-0.3, -0.25) is 4.90 Å². The lowest BCUT2D eigenvalue weighted by atomic mass is 9.77. The second kappa shape index (κ2) is 11.4. The number of amides is 1. The molecule has 1 fully saturated rings. The maximum absolute atomic E-state index is 13.7. The molecule has 0 bridgehead atoms. The van der Waals surface area contributed by atoms with Gasteiger partial charge in [-0.05, 0) is 56.3 Å². The number of hydrogen-bond donors (Lipinski definition) is 0. The first-order valence-corrected chi connectivity index (χ1v) is 15.7. The minimum atomic E-state index is -1.87. The number of likely N-dealkylation sites (tertiary alicyclic amines) is 1. The molecule has 1 aliphatic rings. The van der Waals surface area contributed by atoms with Crippen molar-refractivity contribution < 1.29 is 28.5 Å². The molecule has 1 amide bonds. The molecule has 2 atom stereocenters. The van der Waals surface area contributed by atoms with Gasteiger partial charge >= 0.3 is 12.1 Å². The third-order valence-electron chi connectivity index (χ3n) is 7.29. The molecule has 0 aromatic heterocycles. The highest BCUT2D eigenvalue weighted by Crippen LogP contribution is 2.46. The first-order chi connectivity index (χ1) is 16.6. The number of nitrogens with zero attached hydrogens (tertiary/aromatic N) is 1. The average Bonchev–Trinajstić information content (AvgIpc) is 3.21. The summed E-state index contributed by atoms with van der Waals surface area (Å²) in [5.41, 5.74) is 1.22. The number of carbonyl (C=O) groups is 2. The molecule has 8 heteroatoms. The molecule has 2 rings (SSSR count). The van der Waals surface area contributed by atoms with Gasteiger partial charge in [0.15, 0.2) is 12.3 Å². The van der Waals surface area contributed by atoms with Crippen molar-refractivity contribution in [2.75, 3.05) is 27.6 Å². The Bertz CT molecular complexity index is 946. The lowest BCUT2D eigenvalue weighted by Crippen LogP contribution is -2.58. The average molecular weight is 520 g/mol. The topological polar surface area (TPSA) is 74.3 Å². The quantitative estimate of drug-likeness (QED) is 0.228. The van der Waals surface area contributed by atoms with Crippen LogP contribution in [0, 0.1) is 0 Å². The standard InChI is InChI=1S/C28H45NO6Si/c1-26(2,3)35-25(31)29-17-12-16-28(29,24(30)33-8)23(15-18-36(9,10)27(4,5)6)21-13-11-14-22(19-21)34-20-32-7/h11,13-15,18-19,23H,12,16-17,20H2,1-10H3/b18-15+/t23-,28+/m1/s1. The highest BCUT2D eigenvalue weighted by atomic mass is 28.3. The van der Waals surface area contributed by atoms with Gasteiger partial charge in [-0.25, -0.2) is 9.59 Å². The van der Waals surface area contributed by atoms with Crippen LogP contribution in [0.5, 0.6) is 5.75 Å². The van der Waals surface area contributed by atoms with Crippen LogP contribution in [0.1, 0.15) is 65.9 Å². The van der Waals surface area contributed by atoms with Gasteiger partial charge in [-0.2, -0.15) is 0 Å². The van der Waals surface area contributed by atoms with E-state index in [1.807, 2.05) is 45.0 Å². The molecule has 7 nitrogen and oxygen atoms in total. The Balaban J connectivity index is 2.73. The number of carbonyl (C=O) groups excluding carboxylic acids is 2. The van der Waals surface area contributed by atoms with Crippen molar-refractivity contribution in [3.63, 3.8) is 0 Å². The third kappa shape index (κ3) is 6.71. The summed E-state index contributed by atoms with van der Waals surface area (Å²) in [4.78, 5) is 28.7. The van der Waals surface area contributed by atoms with Crippen LogP contribution in [0.4, 0.5) is 4.79 Å². The van der Waals surface area contributed by atoms with Crippen molar-refractivity contribution in [3.05, 3.63) is 41.6 Å². The van der Waals surface area contributed by atoms with Gasteiger partial charge in [0.25, 0.3) is 0 Å². The Morgan fingerprint density at radius 3 is 2.36 bits per heavy atom. The molecule has 36 heavy (non-hydrogen) atoms. The largest absolute Gasteiger partial charge is 0.468 e. The molecule has 1 saturated heterocycles. The SMILES string of the molecule is COCOc1cccc([C@@H](/C=C/[Si](C)(C)C(C)(C)C)[C@]2(C(=O)OC)CCCN2C(=O)OC(C)(C)C)c1. The van der Waals surface area contributed by atoms with Gasteiger partial charge in [-0.15, -0.1) is 0 Å². The Kier molecular flexibility index (Phi) is 9.45. The Hall–Kier alpha value is -2.32. The summed E-state index contributed by atoms with van der Waals surface area (Å²) in [6, 6.07) is 7.63. The number of ether oxygens (including phenoxy) is 4. The van der Waals surface area contributed by atoms with Gasteiger partial charge < -0.3 is 18.9 Å². The number of hydrogen-bond acceptors (Lipinski definition) is 6. The fourth-order valence-electron chi connectivity index (χ4n) is 4.31. The van der Waals surface area contributed by atoms with Crippen LogP contribution in [0.15, 0.2) is 36.0 Å². The van der Waals surface area contributed by atoms with E-state index in [0.717, 1.165) is 5.56 Å². The van der Waals surface area contributed by atoms with Gasteiger partial charge in [-0.1, -0.05) is 57.8 Å². The number of esters is 1. The van der Waals surface area contributed by atoms with Crippen molar-refractivity contribution in [3.8, 4) is 5.75 Å². The summed E-state index contributed by atoms with van der Waals surface area (Å²) in [5, 5.41) is 0.108. The van der Waals surface area contributed by atoms with E-state index in [0.29, 0.717) is 25.1 Å². The monoisotopic (exact) mass is 519 g/mol. The zero-order valence-corrected chi connectivity index (χ0v) is 24.8. The van der Waals surface area contributed by atoms with E-state index in [9.17, 15) is 9.59 Å². The van der Waals surface area contributed by atoms with Crippen LogP contribution >= 0.6 is 0 Å². The fourth-order valence-corrected chi connectivity index (χ4v) is 5.48. The lowest BCUT2D eigenvalue weighted by Gasteiger charge is -2.42. The number of rotatable bonds is 8. The molecule has 1 aliphatic heterocycles. The molecule has 1 heterocycles. The van der Waals surface area contributed by atoms with Crippen molar-refractivity contribution in [1.82, 2.24) is 4.90 Å². The molecule has 0 spiro atoms.